The van der Waals surface area contributed by atoms with Gasteiger partial charge in [-0.2, -0.15) is 0 Å². The van der Waals surface area contributed by atoms with Gasteiger partial charge in [0.05, 0.1) is 0 Å². The molecule has 0 saturated heterocycles. The maximum absolute atomic E-state index is 2.45. The molecule has 1 aliphatic carbocycles. The van der Waals surface area contributed by atoms with E-state index in [0.29, 0.717) is 0 Å². The zero-order valence-corrected chi connectivity index (χ0v) is 9.60. The van der Waals surface area contributed by atoms with Gasteiger partial charge < -0.3 is 0 Å². The first kappa shape index (κ1) is 11.6. The molecule has 0 N–H and O–H groups in total. The zero-order valence-electron chi connectivity index (χ0n) is 9.60. The largest absolute Gasteiger partial charge is 0.0843 e. The summed E-state index contributed by atoms with van der Waals surface area (Å²) in [4.78, 5) is 0. The predicted molar refractivity (Wildman–Crippen MR) is 64.5 cm³/mol. The molecule has 0 radical (unpaired) electrons. The molecule has 0 spiro atoms. The second kappa shape index (κ2) is 7.84. The van der Waals surface area contributed by atoms with E-state index in [1.54, 1.807) is 5.57 Å². The summed E-state index contributed by atoms with van der Waals surface area (Å²) in [5.41, 5.74) is 1.58. The van der Waals surface area contributed by atoms with E-state index in [4.69, 9.17) is 0 Å². The summed E-state index contributed by atoms with van der Waals surface area (Å²) in [6, 6.07) is 0. The van der Waals surface area contributed by atoms with Gasteiger partial charge in [-0.05, 0) is 32.1 Å². The maximum Gasteiger partial charge on any atom is -0.0279 e. The molecule has 0 aliphatic heterocycles. The van der Waals surface area contributed by atoms with Crippen molar-refractivity contribution in [1.29, 1.82) is 0 Å². The molecule has 1 aliphatic rings. The van der Waals surface area contributed by atoms with Crippen molar-refractivity contribution in [2.45, 2.75) is 64.7 Å². The van der Waals surface area contributed by atoms with Crippen molar-refractivity contribution < 1.29 is 0 Å². The van der Waals surface area contributed by atoms with E-state index in [0.717, 1.165) is 0 Å². The lowest BCUT2D eigenvalue weighted by Crippen LogP contribution is -1.86. The van der Waals surface area contributed by atoms with Crippen LogP contribution in [0.5, 0.6) is 0 Å². The van der Waals surface area contributed by atoms with Gasteiger partial charge in [0, 0.05) is 0 Å². The summed E-state index contributed by atoms with van der Waals surface area (Å²) in [7, 11) is 0. The average Bonchev–Trinajstić information content (AvgIpc) is 2.25. The molecule has 0 atom stereocenters. The first-order valence-electron chi connectivity index (χ1n) is 6.29. The van der Waals surface area contributed by atoms with Gasteiger partial charge in [0.25, 0.3) is 0 Å². The molecule has 0 heteroatoms. The highest BCUT2D eigenvalue weighted by atomic mass is 14.0. The molecule has 0 nitrogen and oxygen atoms in total. The summed E-state index contributed by atoms with van der Waals surface area (Å²) < 4.78 is 0. The van der Waals surface area contributed by atoms with Crippen LogP contribution in [0.1, 0.15) is 64.7 Å². The quantitative estimate of drug-likeness (QED) is 0.519. The predicted octanol–water partition coefficient (Wildman–Crippen LogP) is 5.01. The Kier molecular flexibility index (Phi) is 6.47. The normalized spacial score (nSPS) is 19.1. The van der Waals surface area contributed by atoms with Crippen molar-refractivity contribution in [3.8, 4) is 0 Å². The summed E-state index contributed by atoms with van der Waals surface area (Å²) >= 11 is 0. The Morgan fingerprint density at radius 2 is 2.07 bits per heavy atom. The van der Waals surface area contributed by atoms with E-state index in [9.17, 15) is 0 Å². The van der Waals surface area contributed by atoms with Crippen LogP contribution in [0.3, 0.4) is 0 Å². The van der Waals surface area contributed by atoms with Crippen LogP contribution in [0, 0.1) is 0 Å². The highest BCUT2D eigenvalue weighted by Gasteiger charge is 1.97. The van der Waals surface area contributed by atoms with E-state index in [1.807, 2.05) is 0 Å². The van der Waals surface area contributed by atoms with Gasteiger partial charge >= 0.3 is 0 Å². The molecule has 0 unspecified atom stereocenters. The van der Waals surface area contributed by atoms with Crippen LogP contribution >= 0.6 is 0 Å². The second-order valence-electron chi connectivity index (χ2n) is 4.28. The lowest BCUT2D eigenvalue weighted by Gasteiger charge is -2.06. The Hall–Kier alpha value is -0.520. The molecule has 0 fully saturated rings. The molecule has 0 saturated carbocycles. The van der Waals surface area contributed by atoms with Gasteiger partial charge in [0.15, 0.2) is 0 Å². The van der Waals surface area contributed by atoms with E-state index in [-0.39, 0.29) is 0 Å². The monoisotopic (exact) mass is 192 g/mol. The minimum absolute atomic E-state index is 1.29. The van der Waals surface area contributed by atoms with Crippen LogP contribution in [-0.2, 0) is 0 Å². The Morgan fingerprint density at radius 3 is 2.79 bits per heavy atom. The van der Waals surface area contributed by atoms with Crippen molar-refractivity contribution in [3.05, 3.63) is 23.8 Å². The molecule has 0 aromatic heterocycles. The fourth-order valence-corrected chi connectivity index (χ4v) is 1.95. The fraction of sp³-hybridized carbons (Fsp3) is 0.714. The molecule has 80 valence electrons. The highest BCUT2D eigenvalue weighted by molar-refractivity contribution is 5.20. The van der Waals surface area contributed by atoms with E-state index in [2.05, 4.69) is 25.2 Å². The van der Waals surface area contributed by atoms with Crippen LogP contribution in [0.4, 0.5) is 0 Å². The first-order chi connectivity index (χ1) is 6.93. The van der Waals surface area contributed by atoms with Gasteiger partial charge in [-0.1, -0.05) is 56.4 Å². The number of hydrogen-bond donors (Lipinski definition) is 0. The first-order valence-corrected chi connectivity index (χ1v) is 6.29. The van der Waals surface area contributed by atoms with Gasteiger partial charge in [-0.3, -0.25) is 0 Å². The Morgan fingerprint density at radius 1 is 1.21 bits per heavy atom. The third kappa shape index (κ3) is 5.26. The SMILES string of the molecule is CCCCCCC/C=C1/C=CCCC1. The number of allylic oxidation sites excluding steroid dienone is 4. The van der Waals surface area contributed by atoms with Gasteiger partial charge in [0.1, 0.15) is 0 Å². The lowest BCUT2D eigenvalue weighted by atomic mass is 10.0. The molecular formula is C14H24. The maximum atomic E-state index is 2.45. The highest BCUT2D eigenvalue weighted by Crippen LogP contribution is 2.17. The van der Waals surface area contributed by atoms with Crippen molar-refractivity contribution >= 4 is 0 Å². The molecule has 0 heterocycles. The Balaban J connectivity index is 2.01. The third-order valence-corrected chi connectivity index (χ3v) is 2.88. The zero-order chi connectivity index (χ0) is 10.1. The lowest BCUT2D eigenvalue weighted by molar-refractivity contribution is 0.636. The average molecular weight is 192 g/mol. The number of hydrogen-bond acceptors (Lipinski definition) is 0. The van der Waals surface area contributed by atoms with E-state index < -0.39 is 0 Å². The van der Waals surface area contributed by atoms with Crippen molar-refractivity contribution in [2.24, 2.45) is 0 Å². The second-order valence-corrected chi connectivity index (χ2v) is 4.28. The van der Waals surface area contributed by atoms with Crippen molar-refractivity contribution in [3.63, 3.8) is 0 Å². The smallest absolute Gasteiger partial charge is 0.0279 e. The van der Waals surface area contributed by atoms with Crippen LogP contribution in [0.15, 0.2) is 23.8 Å². The number of unbranched alkanes of at least 4 members (excludes halogenated alkanes) is 5. The van der Waals surface area contributed by atoms with Crippen LogP contribution in [0.2, 0.25) is 0 Å². The Labute approximate surface area is 89.1 Å². The minimum atomic E-state index is 1.29. The molecule has 0 amide bonds. The third-order valence-electron chi connectivity index (χ3n) is 2.88. The van der Waals surface area contributed by atoms with E-state index in [1.165, 1.54) is 57.8 Å². The fourth-order valence-electron chi connectivity index (χ4n) is 1.95. The number of rotatable bonds is 6. The van der Waals surface area contributed by atoms with Crippen LogP contribution < -0.4 is 0 Å². The summed E-state index contributed by atoms with van der Waals surface area (Å²) in [6.07, 6.45) is 19.3. The summed E-state index contributed by atoms with van der Waals surface area (Å²) in [5, 5.41) is 0. The minimum Gasteiger partial charge on any atom is -0.0843 e. The van der Waals surface area contributed by atoms with E-state index >= 15 is 0 Å². The van der Waals surface area contributed by atoms with Crippen LogP contribution in [0.25, 0.3) is 0 Å². The standard InChI is InChI=1S/C14H24/c1-2-3-4-5-6-8-11-14-12-9-7-10-13-14/h9,11-12H,2-8,10,13H2,1H3/b14-11-. The molecule has 0 aromatic rings. The van der Waals surface area contributed by atoms with Gasteiger partial charge in [-0.25, -0.2) is 0 Å². The Bertz CT molecular complexity index is 186. The molecule has 0 aromatic carbocycles. The molecule has 0 bridgehead atoms. The topological polar surface area (TPSA) is 0 Å². The molecular weight excluding hydrogens is 168 g/mol. The van der Waals surface area contributed by atoms with Crippen LogP contribution in [-0.4, -0.2) is 0 Å². The summed E-state index contributed by atoms with van der Waals surface area (Å²) in [5.74, 6) is 0. The molecule has 1 rings (SSSR count). The van der Waals surface area contributed by atoms with Gasteiger partial charge in [-0.15, -0.1) is 0 Å². The molecule has 14 heavy (non-hydrogen) atoms. The summed E-state index contributed by atoms with van der Waals surface area (Å²) in [6.45, 7) is 2.27. The van der Waals surface area contributed by atoms with Crippen molar-refractivity contribution in [2.75, 3.05) is 0 Å². The van der Waals surface area contributed by atoms with Crippen molar-refractivity contribution in [1.82, 2.24) is 0 Å². The van der Waals surface area contributed by atoms with Gasteiger partial charge in [0.2, 0.25) is 0 Å².